The van der Waals surface area contributed by atoms with E-state index in [9.17, 15) is 23.1 Å². The zero-order chi connectivity index (χ0) is 33.8. The Balaban J connectivity index is 1.31. The van der Waals surface area contributed by atoms with Gasteiger partial charge in [-0.05, 0) is 111 Å². The molecule has 1 spiro atoms. The SMILES string of the molecule is C[C@@H]1[C@@H](C)C/C=C/[C@@](O)(CC(=O)N2CCC2)[C@@H]2CC[C@H]2CN2C[C@@]3(CCCc4cc(Cl)ccc43)COc3ccc(cc32)C(=O)NS1(=O)=O. The van der Waals surface area contributed by atoms with Crippen molar-refractivity contribution in [2.24, 2.45) is 17.8 Å². The average Bonchev–Trinajstić information content (AvgIpc) is 3.13. The Hall–Kier alpha value is -3.08. The topological polar surface area (TPSA) is 116 Å². The first-order valence-electron chi connectivity index (χ1n) is 17.4. The molecule has 0 unspecified atom stereocenters. The van der Waals surface area contributed by atoms with Crippen LogP contribution in [0.5, 0.6) is 5.75 Å². The van der Waals surface area contributed by atoms with E-state index < -0.39 is 26.8 Å². The van der Waals surface area contributed by atoms with Gasteiger partial charge in [0.1, 0.15) is 5.75 Å². The second kappa shape index (κ2) is 12.7. The molecule has 2 aromatic rings. The molecule has 1 saturated carbocycles. The van der Waals surface area contributed by atoms with Crippen molar-refractivity contribution in [2.75, 3.05) is 37.7 Å². The molecule has 258 valence electrons. The lowest BCUT2D eigenvalue weighted by Crippen LogP contribution is -2.54. The summed E-state index contributed by atoms with van der Waals surface area (Å²) in [5, 5.41) is 12.2. The second-order valence-electron chi connectivity index (χ2n) is 14.9. The van der Waals surface area contributed by atoms with Gasteiger partial charge in [-0.1, -0.05) is 36.7 Å². The quantitative estimate of drug-likeness (QED) is 0.413. The van der Waals surface area contributed by atoms with Crippen LogP contribution in [0.15, 0.2) is 48.6 Å². The smallest absolute Gasteiger partial charge is 0.264 e. The van der Waals surface area contributed by atoms with E-state index in [2.05, 4.69) is 21.8 Å². The fourth-order valence-corrected chi connectivity index (χ4v) is 9.96. The zero-order valence-electron chi connectivity index (χ0n) is 27.8. The van der Waals surface area contributed by atoms with Gasteiger partial charge in [0.2, 0.25) is 15.9 Å². The molecule has 0 aromatic heterocycles. The number of aryl methyl sites for hydroxylation is 1. The Labute approximate surface area is 288 Å². The first-order chi connectivity index (χ1) is 22.9. The summed E-state index contributed by atoms with van der Waals surface area (Å²) in [6, 6.07) is 11.3. The maximum atomic E-state index is 13.5. The van der Waals surface area contributed by atoms with Crippen LogP contribution < -0.4 is 14.4 Å². The third-order valence-corrected chi connectivity index (χ3v) is 14.0. The van der Waals surface area contributed by atoms with Gasteiger partial charge >= 0.3 is 0 Å². The van der Waals surface area contributed by atoms with E-state index in [1.54, 1.807) is 36.1 Å². The number of likely N-dealkylation sites (tertiary alicyclic amines) is 1. The number of carbonyl (C=O) groups excluding carboxylic acids is 2. The Bertz CT molecular complexity index is 1740. The van der Waals surface area contributed by atoms with Crippen molar-refractivity contribution in [1.29, 1.82) is 0 Å². The lowest BCUT2D eigenvalue weighted by molar-refractivity contribution is -0.143. The number of allylic oxidation sites excluding steroid dienone is 1. The summed E-state index contributed by atoms with van der Waals surface area (Å²) >= 11 is 6.43. The summed E-state index contributed by atoms with van der Waals surface area (Å²) in [6.07, 6.45) is 9.48. The van der Waals surface area contributed by atoms with Crippen molar-refractivity contribution in [1.82, 2.24) is 9.62 Å². The fraction of sp³-hybridized carbons (Fsp3) is 0.568. The predicted octanol–water partition coefficient (Wildman–Crippen LogP) is 5.24. The van der Waals surface area contributed by atoms with Crippen LogP contribution in [-0.2, 0) is 26.7 Å². The molecule has 2 fully saturated rings. The first-order valence-corrected chi connectivity index (χ1v) is 19.3. The van der Waals surface area contributed by atoms with Crippen molar-refractivity contribution < 1.29 is 27.9 Å². The number of carbonyl (C=O) groups is 2. The van der Waals surface area contributed by atoms with Gasteiger partial charge in [-0.15, -0.1) is 0 Å². The summed E-state index contributed by atoms with van der Waals surface area (Å²) in [6.45, 7) is 6.51. The van der Waals surface area contributed by atoms with E-state index in [-0.39, 0.29) is 41.1 Å². The number of fused-ring (bicyclic) bond motifs is 4. The van der Waals surface area contributed by atoms with Crippen LogP contribution in [0.4, 0.5) is 5.69 Å². The molecule has 48 heavy (non-hydrogen) atoms. The summed E-state index contributed by atoms with van der Waals surface area (Å²) in [5.41, 5.74) is 1.71. The summed E-state index contributed by atoms with van der Waals surface area (Å²) < 4.78 is 35.7. The van der Waals surface area contributed by atoms with E-state index in [4.69, 9.17) is 16.3 Å². The molecule has 2 bridgehead atoms. The molecule has 3 heterocycles. The molecule has 11 heteroatoms. The number of hydrogen-bond donors (Lipinski definition) is 2. The van der Waals surface area contributed by atoms with E-state index in [1.165, 1.54) is 11.1 Å². The third kappa shape index (κ3) is 6.13. The van der Waals surface area contributed by atoms with Gasteiger partial charge in [0.05, 0.1) is 29.6 Å². The monoisotopic (exact) mass is 695 g/mol. The lowest BCUT2D eigenvalue weighted by Gasteiger charge is -2.49. The van der Waals surface area contributed by atoms with Crippen molar-refractivity contribution in [3.63, 3.8) is 0 Å². The zero-order valence-corrected chi connectivity index (χ0v) is 29.4. The van der Waals surface area contributed by atoms with Crippen LogP contribution in [0, 0.1) is 17.8 Å². The van der Waals surface area contributed by atoms with Crippen molar-refractivity contribution in [2.45, 2.75) is 81.5 Å². The highest BCUT2D eigenvalue weighted by Gasteiger charge is 2.49. The van der Waals surface area contributed by atoms with Crippen molar-refractivity contribution in [3.05, 3.63) is 70.3 Å². The number of nitrogens with one attached hydrogen (secondary N) is 1. The lowest BCUT2D eigenvalue weighted by atomic mass is 9.63. The molecule has 2 aromatic carbocycles. The number of amides is 2. The Kier molecular flexibility index (Phi) is 8.82. The molecule has 7 rings (SSSR count). The first kappa shape index (κ1) is 33.4. The molecular formula is C37H46ClN3O6S. The van der Waals surface area contributed by atoms with Crippen LogP contribution >= 0.6 is 11.6 Å². The van der Waals surface area contributed by atoms with Gasteiger partial charge in [-0.3, -0.25) is 9.59 Å². The highest BCUT2D eigenvalue weighted by atomic mass is 35.5. The molecule has 2 N–H and O–H groups in total. The molecule has 9 nitrogen and oxygen atoms in total. The molecule has 2 amide bonds. The van der Waals surface area contributed by atoms with Crippen molar-refractivity contribution >= 4 is 39.1 Å². The molecule has 1 saturated heterocycles. The van der Waals surface area contributed by atoms with E-state index >= 15 is 0 Å². The number of hydrogen-bond acceptors (Lipinski definition) is 7. The van der Waals surface area contributed by atoms with Gasteiger partial charge in [0, 0.05) is 42.2 Å². The Morgan fingerprint density at radius 3 is 2.67 bits per heavy atom. The minimum atomic E-state index is -4.01. The predicted molar refractivity (Wildman–Crippen MR) is 186 cm³/mol. The second-order valence-corrected chi connectivity index (χ2v) is 17.4. The molecule has 0 radical (unpaired) electrons. The van der Waals surface area contributed by atoms with Crippen LogP contribution in [0.2, 0.25) is 5.02 Å². The number of nitrogens with zero attached hydrogens (tertiary/aromatic N) is 2. The van der Waals surface area contributed by atoms with Crippen LogP contribution in [0.25, 0.3) is 0 Å². The Morgan fingerprint density at radius 2 is 1.94 bits per heavy atom. The van der Waals surface area contributed by atoms with Gasteiger partial charge in [0.15, 0.2) is 0 Å². The van der Waals surface area contributed by atoms with E-state index in [1.807, 2.05) is 19.1 Å². The number of sulfonamides is 1. The maximum Gasteiger partial charge on any atom is 0.264 e. The normalized spacial score (nSPS) is 33.5. The molecule has 3 aliphatic heterocycles. The summed E-state index contributed by atoms with van der Waals surface area (Å²) in [4.78, 5) is 30.9. The summed E-state index contributed by atoms with van der Waals surface area (Å²) in [7, 11) is -4.01. The van der Waals surface area contributed by atoms with Gasteiger partial charge in [0.25, 0.3) is 5.91 Å². The van der Waals surface area contributed by atoms with Crippen LogP contribution in [-0.4, -0.2) is 73.9 Å². The Morgan fingerprint density at radius 1 is 1.12 bits per heavy atom. The number of benzene rings is 2. The molecular weight excluding hydrogens is 650 g/mol. The standard InChI is InChI=1S/C37H46ClN3O6S/c1-24-6-3-15-37(44,20-34(42)40-16-5-17-40)31-11-8-28(31)21-41-22-36(14-4-7-26-18-29(38)10-12-30(26)36)23-47-33-13-9-27(19-32(33)41)35(43)39-48(45,46)25(24)2/h3,9-10,12-13,15,18-19,24-25,28,31,44H,4-8,11,14,16-17,20-23H2,1-2H3,(H,39,43)/b15-3+/t24-,25+,28-,31+,36-,37+/m0/s1. The maximum absolute atomic E-state index is 13.5. The van der Waals surface area contributed by atoms with Gasteiger partial charge in [-0.2, -0.15) is 0 Å². The largest absolute Gasteiger partial charge is 0.490 e. The number of anilines is 1. The van der Waals surface area contributed by atoms with Crippen LogP contribution in [0.1, 0.15) is 80.3 Å². The molecule has 2 aliphatic carbocycles. The molecule has 5 aliphatic rings. The number of ether oxygens (including phenoxy) is 1. The number of aliphatic hydroxyl groups is 1. The van der Waals surface area contributed by atoms with Gasteiger partial charge < -0.3 is 19.6 Å². The number of rotatable bonds is 2. The average molecular weight is 696 g/mol. The fourth-order valence-electron chi connectivity index (χ4n) is 8.48. The number of halogens is 1. The molecule has 6 atom stereocenters. The van der Waals surface area contributed by atoms with E-state index in [0.29, 0.717) is 50.0 Å². The highest BCUT2D eigenvalue weighted by Crippen LogP contribution is 2.49. The van der Waals surface area contributed by atoms with Crippen LogP contribution in [0.3, 0.4) is 0 Å². The minimum absolute atomic E-state index is 0.00484. The van der Waals surface area contributed by atoms with Crippen molar-refractivity contribution in [3.8, 4) is 5.75 Å². The van der Waals surface area contributed by atoms with Gasteiger partial charge in [-0.25, -0.2) is 13.1 Å². The highest BCUT2D eigenvalue weighted by molar-refractivity contribution is 7.90. The van der Waals surface area contributed by atoms with E-state index in [0.717, 1.165) is 44.2 Å². The third-order valence-electron chi connectivity index (χ3n) is 11.9. The summed E-state index contributed by atoms with van der Waals surface area (Å²) in [5.74, 6) is -0.494. The minimum Gasteiger partial charge on any atom is -0.490 e.